The van der Waals surface area contributed by atoms with E-state index in [9.17, 15) is 19.2 Å². The van der Waals surface area contributed by atoms with E-state index in [2.05, 4.69) is 10.6 Å². The Morgan fingerprint density at radius 2 is 1.64 bits per heavy atom. The molecule has 4 rings (SSSR count). The number of rotatable bonds is 7. The number of carbonyl (C=O) groups excluding carboxylic acids is 3. The van der Waals surface area contributed by atoms with Gasteiger partial charge >= 0.3 is 5.97 Å². The third kappa shape index (κ3) is 4.83. The maximum absolute atomic E-state index is 13.0. The molecule has 0 aliphatic carbocycles. The Hall–Kier alpha value is -4.86. The van der Waals surface area contributed by atoms with Gasteiger partial charge in [0.05, 0.1) is 28.9 Å². The van der Waals surface area contributed by atoms with Gasteiger partial charge in [-0.2, -0.15) is 0 Å². The van der Waals surface area contributed by atoms with Crippen molar-refractivity contribution in [3.8, 4) is 5.69 Å². The first kappa shape index (κ1) is 24.3. The fourth-order valence-electron chi connectivity index (χ4n) is 3.58. The first-order valence-corrected chi connectivity index (χ1v) is 11.1. The predicted octanol–water partition coefficient (Wildman–Crippen LogP) is 3.51. The summed E-state index contributed by atoms with van der Waals surface area (Å²) in [5.74, 6) is -1.96. The molecule has 10 nitrogen and oxygen atoms in total. The van der Waals surface area contributed by atoms with Crippen LogP contribution in [0.3, 0.4) is 0 Å². The summed E-state index contributed by atoms with van der Waals surface area (Å²) in [5, 5.41) is 5.17. The lowest BCUT2D eigenvalue weighted by Gasteiger charge is -2.15. The molecule has 0 aliphatic heterocycles. The summed E-state index contributed by atoms with van der Waals surface area (Å²) in [5.41, 5.74) is 1.09. The lowest BCUT2D eigenvalue weighted by Crippen LogP contribution is -2.32. The van der Waals surface area contributed by atoms with Crippen molar-refractivity contribution in [2.24, 2.45) is 7.05 Å². The summed E-state index contributed by atoms with van der Waals surface area (Å²) in [6.45, 7) is 3.09. The highest BCUT2D eigenvalue weighted by molar-refractivity contribution is 6.07. The maximum Gasteiger partial charge on any atom is 0.341 e. The summed E-state index contributed by atoms with van der Waals surface area (Å²) in [4.78, 5) is 51.0. The summed E-state index contributed by atoms with van der Waals surface area (Å²) >= 11 is 0. The van der Waals surface area contributed by atoms with Crippen molar-refractivity contribution in [1.82, 2.24) is 9.36 Å². The van der Waals surface area contributed by atoms with E-state index in [1.54, 1.807) is 61.1 Å². The second-order valence-corrected chi connectivity index (χ2v) is 7.95. The van der Waals surface area contributed by atoms with Gasteiger partial charge in [-0.15, -0.1) is 0 Å². The van der Waals surface area contributed by atoms with E-state index < -0.39 is 29.4 Å². The van der Waals surface area contributed by atoms with E-state index >= 15 is 0 Å². The van der Waals surface area contributed by atoms with E-state index in [1.807, 2.05) is 6.07 Å². The molecule has 0 saturated heterocycles. The Bertz CT molecular complexity index is 1470. The Kier molecular flexibility index (Phi) is 6.86. The van der Waals surface area contributed by atoms with Crippen molar-refractivity contribution in [3.63, 3.8) is 0 Å². The Labute approximate surface area is 206 Å². The second kappa shape index (κ2) is 10.2. The van der Waals surface area contributed by atoms with Crippen LogP contribution in [0, 0.1) is 6.92 Å². The van der Waals surface area contributed by atoms with Gasteiger partial charge in [0.2, 0.25) is 0 Å². The van der Waals surface area contributed by atoms with Crippen molar-refractivity contribution in [2.75, 3.05) is 10.6 Å². The zero-order valence-corrected chi connectivity index (χ0v) is 19.8. The monoisotopic (exact) mass is 488 g/mol. The molecule has 0 fully saturated rings. The minimum absolute atomic E-state index is 0.0550. The van der Waals surface area contributed by atoms with Crippen LogP contribution in [0.4, 0.5) is 11.4 Å². The van der Waals surface area contributed by atoms with Crippen LogP contribution in [0.5, 0.6) is 0 Å². The molecule has 10 heteroatoms. The molecular formula is C26H24N4O6. The minimum atomic E-state index is -1.23. The number of nitrogens with zero attached hydrogens (tertiary/aromatic N) is 2. The Morgan fingerprint density at radius 3 is 2.33 bits per heavy atom. The van der Waals surface area contributed by atoms with Crippen molar-refractivity contribution in [1.29, 1.82) is 0 Å². The molecular weight excluding hydrogens is 464 g/mol. The molecule has 36 heavy (non-hydrogen) atoms. The summed E-state index contributed by atoms with van der Waals surface area (Å²) < 4.78 is 13.5. The van der Waals surface area contributed by atoms with Gasteiger partial charge in [-0.1, -0.05) is 30.3 Å². The number of ether oxygens (including phenoxy) is 1. The number of benzene rings is 2. The van der Waals surface area contributed by atoms with Crippen LogP contribution in [-0.2, 0) is 16.6 Å². The van der Waals surface area contributed by atoms with Crippen LogP contribution in [0.1, 0.15) is 33.5 Å². The Balaban J connectivity index is 1.48. The molecule has 0 bridgehead atoms. The first-order chi connectivity index (χ1) is 17.3. The highest BCUT2D eigenvalue weighted by atomic mass is 16.5. The van der Waals surface area contributed by atoms with Gasteiger partial charge in [0, 0.05) is 7.05 Å². The fourth-order valence-corrected chi connectivity index (χ4v) is 3.58. The van der Waals surface area contributed by atoms with E-state index in [0.29, 0.717) is 11.4 Å². The molecule has 184 valence electrons. The number of para-hydroxylation sites is 2. The van der Waals surface area contributed by atoms with Gasteiger partial charge in [0.1, 0.15) is 5.69 Å². The molecule has 4 aromatic rings. The zero-order valence-electron chi connectivity index (χ0n) is 19.8. The van der Waals surface area contributed by atoms with Crippen molar-refractivity contribution < 1.29 is 23.5 Å². The average molecular weight is 489 g/mol. The number of hydrogen-bond donors (Lipinski definition) is 2. The molecule has 1 atom stereocenters. The molecule has 2 heterocycles. The van der Waals surface area contributed by atoms with E-state index in [-0.39, 0.29) is 22.7 Å². The number of amides is 2. The number of furan rings is 1. The van der Waals surface area contributed by atoms with Gasteiger partial charge in [-0.05, 0) is 50.2 Å². The van der Waals surface area contributed by atoms with Crippen molar-refractivity contribution in [2.45, 2.75) is 20.0 Å². The molecule has 2 aromatic heterocycles. The molecule has 0 unspecified atom stereocenters. The number of carbonyl (C=O) groups is 3. The van der Waals surface area contributed by atoms with E-state index in [4.69, 9.17) is 9.15 Å². The van der Waals surface area contributed by atoms with Crippen LogP contribution in [0.2, 0.25) is 0 Å². The third-order valence-corrected chi connectivity index (χ3v) is 5.60. The molecule has 2 aromatic carbocycles. The number of anilines is 2. The van der Waals surface area contributed by atoms with Crippen LogP contribution in [0.15, 0.2) is 82.2 Å². The molecule has 0 saturated carbocycles. The molecule has 2 amide bonds. The van der Waals surface area contributed by atoms with E-state index in [1.165, 1.54) is 36.1 Å². The van der Waals surface area contributed by atoms with Crippen LogP contribution < -0.4 is 16.2 Å². The molecule has 0 radical (unpaired) electrons. The van der Waals surface area contributed by atoms with Crippen molar-refractivity contribution >= 4 is 29.2 Å². The smallest absolute Gasteiger partial charge is 0.341 e. The number of hydrogen-bond acceptors (Lipinski definition) is 6. The van der Waals surface area contributed by atoms with E-state index in [0.717, 1.165) is 0 Å². The molecule has 2 N–H and O–H groups in total. The third-order valence-electron chi connectivity index (χ3n) is 5.60. The summed E-state index contributed by atoms with van der Waals surface area (Å²) in [6, 6.07) is 18.3. The lowest BCUT2D eigenvalue weighted by molar-refractivity contribution is -0.123. The number of aromatic nitrogens is 2. The standard InChI is InChI=1S/C26H24N4O6/c1-16-22(25(33)30(29(16)3)18-10-5-4-6-11-18)28-23(31)17(2)36-26(34)19-12-7-8-13-20(19)27-24(32)21-14-9-15-35-21/h4-15,17H,1-3H3,(H,27,32)(H,28,31)/t17-/m0/s1. The minimum Gasteiger partial charge on any atom is -0.459 e. The van der Waals surface area contributed by atoms with Gasteiger partial charge in [0.25, 0.3) is 17.4 Å². The van der Waals surface area contributed by atoms with Crippen LogP contribution in [0.25, 0.3) is 5.69 Å². The molecule has 0 spiro atoms. The quantitative estimate of drug-likeness (QED) is 0.384. The normalized spacial score (nSPS) is 11.5. The van der Waals surface area contributed by atoms with Crippen molar-refractivity contribution in [3.05, 3.63) is 100 Å². The Morgan fingerprint density at radius 1 is 0.944 bits per heavy atom. The summed E-state index contributed by atoms with van der Waals surface area (Å²) in [7, 11) is 1.71. The summed E-state index contributed by atoms with van der Waals surface area (Å²) in [6.07, 6.45) is 0.133. The lowest BCUT2D eigenvalue weighted by atomic mass is 10.1. The second-order valence-electron chi connectivity index (χ2n) is 7.95. The van der Waals surface area contributed by atoms with Gasteiger partial charge in [0.15, 0.2) is 11.9 Å². The highest BCUT2D eigenvalue weighted by Crippen LogP contribution is 2.19. The molecule has 0 aliphatic rings. The fraction of sp³-hybridized carbons (Fsp3) is 0.154. The largest absolute Gasteiger partial charge is 0.459 e. The van der Waals surface area contributed by atoms with Gasteiger partial charge < -0.3 is 19.8 Å². The predicted molar refractivity (Wildman–Crippen MR) is 132 cm³/mol. The number of esters is 1. The maximum atomic E-state index is 13.0. The van der Waals surface area contributed by atoms with Gasteiger partial charge in [-0.3, -0.25) is 19.1 Å². The SMILES string of the molecule is Cc1c(NC(=O)[C@H](C)OC(=O)c2ccccc2NC(=O)c2ccco2)c(=O)n(-c2ccccc2)n1C. The topological polar surface area (TPSA) is 125 Å². The van der Waals surface area contributed by atoms with Gasteiger partial charge in [-0.25, -0.2) is 9.48 Å². The number of nitrogens with one attached hydrogen (secondary N) is 2. The van der Waals surface area contributed by atoms with Crippen LogP contribution in [-0.4, -0.2) is 33.3 Å². The zero-order chi connectivity index (χ0) is 25.8. The first-order valence-electron chi connectivity index (χ1n) is 11.1. The highest BCUT2D eigenvalue weighted by Gasteiger charge is 2.25. The average Bonchev–Trinajstić information content (AvgIpc) is 3.49. The van der Waals surface area contributed by atoms with Crippen LogP contribution >= 0.6 is 0 Å².